The van der Waals surface area contributed by atoms with E-state index >= 15 is 0 Å². The third-order valence-electron chi connectivity index (χ3n) is 5.59. The minimum Gasteiger partial charge on any atom is -0.497 e. The first-order valence-electron chi connectivity index (χ1n) is 11.4. The number of benzene rings is 3. The van der Waals surface area contributed by atoms with Gasteiger partial charge in [-0.2, -0.15) is 5.26 Å². The number of hydrogen-bond donors (Lipinski definition) is 0. The summed E-state index contributed by atoms with van der Waals surface area (Å²) in [5.41, 5.74) is 2.84. The zero-order chi connectivity index (χ0) is 26.4. The first-order valence-corrected chi connectivity index (χ1v) is 13.0. The molecule has 1 aliphatic rings. The number of hydrogen-bond acceptors (Lipinski definition) is 7. The molecule has 1 aliphatic heterocycles. The number of amides is 1. The molecule has 9 heteroatoms. The summed E-state index contributed by atoms with van der Waals surface area (Å²) < 4.78 is 17.5. The van der Waals surface area contributed by atoms with E-state index in [4.69, 9.17) is 14.2 Å². The number of methoxy groups -OCH3 is 2. The SMILES string of the molecule is CCN1C(=O)/C(=C\c2cc(OC)c(OCc3ccccc3C#N)cc2Br)SC1=Nc1ccc(OC)cc1. The first-order chi connectivity index (χ1) is 18.0. The Morgan fingerprint density at radius 2 is 1.84 bits per heavy atom. The van der Waals surface area contributed by atoms with E-state index in [0.29, 0.717) is 33.7 Å². The van der Waals surface area contributed by atoms with Gasteiger partial charge in [0.05, 0.1) is 36.4 Å². The number of likely N-dealkylation sites (N-methyl/N-ethyl adjacent to an activating group) is 1. The second-order valence-corrected chi connectivity index (χ2v) is 9.70. The minimum atomic E-state index is -0.112. The van der Waals surface area contributed by atoms with Crippen molar-refractivity contribution >= 4 is 50.5 Å². The average Bonchev–Trinajstić information content (AvgIpc) is 3.22. The monoisotopic (exact) mass is 577 g/mol. The fourth-order valence-electron chi connectivity index (χ4n) is 3.62. The number of carbonyl (C=O) groups is 1. The van der Waals surface area contributed by atoms with Crippen molar-refractivity contribution in [1.29, 1.82) is 5.26 Å². The quantitative estimate of drug-likeness (QED) is 0.282. The van der Waals surface area contributed by atoms with Crippen LogP contribution in [0.25, 0.3) is 6.08 Å². The van der Waals surface area contributed by atoms with Gasteiger partial charge >= 0.3 is 0 Å². The lowest BCUT2D eigenvalue weighted by molar-refractivity contribution is -0.122. The molecule has 1 fully saturated rings. The van der Waals surface area contributed by atoms with Gasteiger partial charge in [0.1, 0.15) is 12.4 Å². The smallest absolute Gasteiger partial charge is 0.266 e. The number of halogens is 1. The van der Waals surface area contributed by atoms with Gasteiger partial charge in [0, 0.05) is 16.6 Å². The highest BCUT2D eigenvalue weighted by Gasteiger charge is 2.32. The summed E-state index contributed by atoms with van der Waals surface area (Å²) >= 11 is 4.92. The van der Waals surface area contributed by atoms with Crippen molar-refractivity contribution in [2.24, 2.45) is 4.99 Å². The first kappa shape index (κ1) is 26.3. The normalized spacial score (nSPS) is 15.2. The van der Waals surface area contributed by atoms with E-state index in [1.54, 1.807) is 31.3 Å². The van der Waals surface area contributed by atoms with E-state index in [0.717, 1.165) is 27.0 Å². The number of amidine groups is 1. The maximum atomic E-state index is 13.1. The van der Waals surface area contributed by atoms with Crippen LogP contribution in [0, 0.1) is 11.3 Å². The van der Waals surface area contributed by atoms with Crippen molar-refractivity contribution in [2.45, 2.75) is 13.5 Å². The Morgan fingerprint density at radius 3 is 2.51 bits per heavy atom. The van der Waals surface area contributed by atoms with Gasteiger partial charge in [0.25, 0.3) is 5.91 Å². The number of ether oxygens (including phenoxy) is 3. The summed E-state index contributed by atoms with van der Waals surface area (Å²) in [5, 5.41) is 9.94. The molecule has 0 radical (unpaired) electrons. The molecule has 7 nitrogen and oxygen atoms in total. The molecule has 0 spiro atoms. The van der Waals surface area contributed by atoms with Gasteiger partial charge < -0.3 is 14.2 Å². The zero-order valence-corrected chi connectivity index (χ0v) is 22.9. The van der Waals surface area contributed by atoms with Gasteiger partial charge in [0.2, 0.25) is 0 Å². The van der Waals surface area contributed by atoms with Gasteiger partial charge in [-0.15, -0.1) is 0 Å². The molecular weight excluding hydrogens is 554 g/mol. The number of thioether (sulfide) groups is 1. The van der Waals surface area contributed by atoms with Crippen LogP contribution in [0.3, 0.4) is 0 Å². The molecule has 0 N–H and O–H groups in total. The Balaban J connectivity index is 1.59. The lowest BCUT2D eigenvalue weighted by Crippen LogP contribution is -2.28. The van der Waals surface area contributed by atoms with E-state index in [9.17, 15) is 10.1 Å². The highest BCUT2D eigenvalue weighted by atomic mass is 79.9. The Bertz CT molecular complexity index is 1410. The molecule has 3 aromatic rings. The molecule has 0 unspecified atom stereocenters. The standard InChI is InChI=1S/C28H24BrN3O4S/c1-4-32-27(33)26(37-28(32)31-21-9-11-22(34-2)12-10-21)14-20-13-24(35-3)25(15-23(20)29)36-17-19-8-6-5-7-18(19)16-30/h5-15H,4,17H2,1-3H3/b26-14+,31-28?. The maximum absolute atomic E-state index is 13.1. The second kappa shape index (κ2) is 12.0. The number of aliphatic imine (C=N–C) groups is 1. The molecule has 1 amide bonds. The highest BCUT2D eigenvalue weighted by molar-refractivity contribution is 9.10. The lowest BCUT2D eigenvalue weighted by atomic mass is 10.1. The zero-order valence-electron chi connectivity index (χ0n) is 20.5. The van der Waals surface area contributed by atoms with Crippen LogP contribution in [-0.2, 0) is 11.4 Å². The van der Waals surface area contributed by atoms with Crippen molar-refractivity contribution in [3.8, 4) is 23.3 Å². The molecule has 1 heterocycles. The van der Waals surface area contributed by atoms with Crippen molar-refractivity contribution in [3.63, 3.8) is 0 Å². The molecule has 37 heavy (non-hydrogen) atoms. The number of nitriles is 1. The fourth-order valence-corrected chi connectivity index (χ4v) is 5.11. The van der Waals surface area contributed by atoms with Crippen molar-refractivity contribution in [2.75, 3.05) is 20.8 Å². The molecule has 0 saturated carbocycles. The average molecular weight is 578 g/mol. The summed E-state index contributed by atoms with van der Waals surface area (Å²) in [6.45, 7) is 2.64. The minimum absolute atomic E-state index is 0.112. The van der Waals surface area contributed by atoms with Crippen LogP contribution in [0.1, 0.15) is 23.6 Å². The van der Waals surface area contributed by atoms with Gasteiger partial charge in [-0.3, -0.25) is 9.69 Å². The summed E-state index contributed by atoms with van der Waals surface area (Å²) in [5.74, 6) is 1.66. The van der Waals surface area contributed by atoms with E-state index in [1.807, 2.05) is 61.5 Å². The predicted molar refractivity (Wildman–Crippen MR) is 149 cm³/mol. The largest absolute Gasteiger partial charge is 0.497 e. The summed E-state index contributed by atoms with van der Waals surface area (Å²) in [6, 6.07) is 20.4. The van der Waals surface area contributed by atoms with Crippen LogP contribution < -0.4 is 14.2 Å². The van der Waals surface area contributed by atoms with Gasteiger partial charge in [0.15, 0.2) is 16.7 Å². The van der Waals surface area contributed by atoms with Crippen molar-refractivity contribution in [3.05, 3.63) is 86.7 Å². The lowest BCUT2D eigenvalue weighted by Gasteiger charge is -2.14. The Labute approximate surface area is 228 Å². The van der Waals surface area contributed by atoms with Crippen LogP contribution >= 0.6 is 27.7 Å². The Hall–Kier alpha value is -3.74. The summed E-state index contributed by atoms with van der Waals surface area (Å²) in [4.78, 5) is 20.0. The predicted octanol–water partition coefficient (Wildman–Crippen LogP) is 6.54. The fraction of sp³-hybridized carbons (Fsp3) is 0.179. The van der Waals surface area contributed by atoms with E-state index in [-0.39, 0.29) is 12.5 Å². The molecule has 4 rings (SSSR count). The van der Waals surface area contributed by atoms with Crippen molar-refractivity contribution < 1.29 is 19.0 Å². The van der Waals surface area contributed by atoms with E-state index < -0.39 is 0 Å². The molecule has 188 valence electrons. The van der Waals surface area contributed by atoms with Crippen LogP contribution in [0.15, 0.2) is 75.0 Å². The second-order valence-electron chi connectivity index (χ2n) is 7.83. The molecule has 3 aromatic carbocycles. The van der Waals surface area contributed by atoms with Crippen LogP contribution in [0.4, 0.5) is 5.69 Å². The maximum Gasteiger partial charge on any atom is 0.266 e. The number of rotatable bonds is 8. The van der Waals surface area contributed by atoms with Gasteiger partial charge in [-0.1, -0.05) is 34.1 Å². The third-order valence-corrected chi connectivity index (χ3v) is 7.29. The highest BCUT2D eigenvalue weighted by Crippen LogP contribution is 2.39. The van der Waals surface area contributed by atoms with Crippen LogP contribution in [0.2, 0.25) is 0 Å². The molecule has 0 bridgehead atoms. The summed E-state index contributed by atoms with van der Waals surface area (Å²) in [6.07, 6.45) is 1.81. The molecular formula is C28H24BrN3O4S. The number of nitrogens with zero attached hydrogens (tertiary/aromatic N) is 3. The topological polar surface area (TPSA) is 84.2 Å². The molecule has 0 aliphatic carbocycles. The molecule has 1 saturated heterocycles. The van der Waals surface area contributed by atoms with Crippen LogP contribution in [0.5, 0.6) is 17.2 Å². The molecule has 0 atom stereocenters. The molecule has 0 aromatic heterocycles. The van der Waals surface area contributed by atoms with Crippen molar-refractivity contribution in [1.82, 2.24) is 4.90 Å². The number of carbonyl (C=O) groups excluding carboxylic acids is 1. The third kappa shape index (κ3) is 5.98. The van der Waals surface area contributed by atoms with Crippen LogP contribution in [-0.4, -0.2) is 36.7 Å². The van der Waals surface area contributed by atoms with Gasteiger partial charge in [-0.05, 0) is 72.8 Å². The Kier molecular flexibility index (Phi) is 8.54. The van der Waals surface area contributed by atoms with E-state index in [2.05, 4.69) is 27.0 Å². The Morgan fingerprint density at radius 1 is 1.08 bits per heavy atom. The van der Waals surface area contributed by atoms with E-state index in [1.165, 1.54) is 11.8 Å². The summed E-state index contributed by atoms with van der Waals surface area (Å²) in [7, 11) is 3.17. The van der Waals surface area contributed by atoms with Gasteiger partial charge in [-0.25, -0.2) is 4.99 Å².